The van der Waals surface area contributed by atoms with Gasteiger partial charge in [-0.05, 0) is 42.3 Å². The van der Waals surface area contributed by atoms with Gasteiger partial charge in [0.15, 0.2) is 11.5 Å². The van der Waals surface area contributed by atoms with Gasteiger partial charge in [0, 0.05) is 12.1 Å². The number of carbonyl (C=O) groups is 1. The predicted molar refractivity (Wildman–Crippen MR) is 81.6 cm³/mol. The van der Waals surface area contributed by atoms with Crippen LogP contribution in [0.25, 0.3) is 0 Å². The number of phenols is 1. The maximum atomic E-state index is 12.0. The van der Waals surface area contributed by atoms with E-state index >= 15 is 0 Å². The molecule has 5 nitrogen and oxygen atoms in total. The number of aromatic hydroxyl groups is 1. The Balaban J connectivity index is 1.56. The molecule has 0 aromatic heterocycles. The second kappa shape index (κ2) is 6.39. The summed E-state index contributed by atoms with van der Waals surface area (Å²) >= 11 is 0. The normalized spacial score (nSPS) is 12.7. The van der Waals surface area contributed by atoms with Crippen molar-refractivity contribution in [2.75, 3.05) is 19.8 Å². The third-order valence-corrected chi connectivity index (χ3v) is 3.41. The van der Waals surface area contributed by atoms with Crippen LogP contribution in [0.3, 0.4) is 0 Å². The zero-order valence-electron chi connectivity index (χ0n) is 12.0. The maximum absolute atomic E-state index is 12.0. The molecule has 0 atom stereocenters. The summed E-state index contributed by atoms with van der Waals surface area (Å²) < 4.78 is 11.0. The molecule has 0 aliphatic carbocycles. The summed E-state index contributed by atoms with van der Waals surface area (Å²) in [7, 11) is 0. The summed E-state index contributed by atoms with van der Waals surface area (Å²) in [5.74, 6) is 1.40. The Kier molecular flexibility index (Phi) is 4.14. The van der Waals surface area contributed by atoms with Crippen molar-refractivity contribution >= 4 is 5.91 Å². The third kappa shape index (κ3) is 3.31. The smallest absolute Gasteiger partial charge is 0.251 e. The highest BCUT2D eigenvalue weighted by Crippen LogP contribution is 2.30. The van der Waals surface area contributed by atoms with E-state index in [9.17, 15) is 9.90 Å². The van der Waals surface area contributed by atoms with Crippen LogP contribution in [0.4, 0.5) is 0 Å². The average molecular weight is 299 g/mol. The van der Waals surface area contributed by atoms with Gasteiger partial charge in [-0.1, -0.05) is 12.1 Å². The number of ether oxygens (including phenoxy) is 2. The molecule has 0 radical (unpaired) electrons. The number of hydrogen-bond donors (Lipinski definition) is 2. The minimum atomic E-state index is -0.201. The fourth-order valence-corrected chi connectivity index (χ4v) is 2.31. The van der Waals surface area contributed by atoms with Crippen molar-refractivity contribution in [3.8, 4) is 17.2 Å². The minimum Gasteiger partial charge on any atom is -0.508 e. The minimum absolute atomic E-state index is 0.0829. The predicted octanol–water partition coefficient (Wildman–Crippen LogP) is 2.14. The van der Waals surface area contributed by atoms with Crippen LogP contribution in [0.2, 0.25) is 0 Å². The van der Waals surface area contributed by atoms with Crippen molar-refractivity contribution in [1.29, 1.82) is 0 Å². The molecule has 0 spiro atoms. The number of rotatable bonds is 4. The topological polar surface area (TPSA) is 67.8 Å². The Hall–Kier alpha value is -2.69. The van der Waals surface area contributed by atoms with E-state index in [0.717, 1.165) is 17.1 Å². The van der Waals surface area contributed by atoms with Gasteiger partial charge in [0.1, 0.15) is 19.0 Å². The molecule has 22 heavy (non-hydrogen) atoms. The van der Waals surface area contributed by atoms with Gasteiger partial charge in [0.2, 0.25) is 0 Å². The number of benzene rings is 2. The molecule has 5 heteroatoms. The number of phenolic OH excluding ortho intramolecular Hbond substituents is 1. The highest BCUT2D eigenvalue weighted by Gasteiger charge is 2.12. The Morgan fingerprint density at radius 2 is 1.91 bits per heavy atom. The molecule has 1 amide bonds. The summed E-state index contributed by atoms with van der Waals surface area (Å²) in [6.45, 7) is 1.64. The average Bonchev–Trinajstić information content (AvgIpc) is 2.54. The molecular formula is C17H17NO4. The largest absolute Gasteiger partial charge is 0.508 e. The number of fused-ring (bicyclic) bond motifs is 1. The molecule has 2 aromatic rings. The Morgan fingerprint density at radius 1 is 1.09 bits per heavy atom. The summed E-state index contributed by atoms with van der Waals surface area (Å²) in [6.07, 6.45) is 0.696. The molecule has 0 fully saturated rings. The van der Waals surface area contributed by atoms with Gasteiger partial charge in [0.25, 0.3) is 5.91 Å². The first-order valence-electron chi connectivity index (χ1n) is 7.18. The van der Waals surface area contributed by atoms with Crippen molar-refractivity contribution in [2.24, 2.45) is 0 Å². The lowest BCUT2D eigenvalue weighted by Crippen LogP contribution is -2.25. The Labute approximate surface area is 128 Å². The highest BCUT2D eigenvalue weighted by molar-refractivity contribution is 5.94. The molecular weight excluding hydrogens is 282 g/mol. The number of carbonyl (C=O) groups excluding carboxylic acids is 1. The van der Waals surface area contributed by atoms with Crippen LogP contribution in [0.5, 0.6) is 17.2 Å². The van der Waals surface area contributed by atoms with Gasteiger partial charge in [-0.2, -0.15) is 0 Å². The number of amides is 1. The van der Waals surface area contributed by atoms with Crippen molar-refractivity contribution in [1.82, 2.24) is 5.32 Å². The second-order valence-corrected chi connectivity index (χ2v) is 5.03. The van der Waals surface area contributed by atoms with Crippen LogP contribution in [0.1, 0.15) is 15.9 Å². The van der Waals surface area contributed by atoms with Gasteiger partial charge in [0.05, 0.1) is 0 Å². The molecule has 0 saturated carbocycles. The summed E-state index contributed by atoms with van der Waals surface area (Å²) in [5.41, 5.74) is 1.52. The van der Waals surface area contributed by atoms with Crippen molar-refractivity contribution < 1.29 is 19.4 Å². The summed E-state index contributed by atoms with van der Waals surface area (Å²) in [4.78, 5) is 12.0. The Morgan fingerprint density at radius 3 is 2.73 bits per heavy atom. The fourth-order valence-electron chi connectivity index (χ4n) is 2.31. The van der Waals surface area contributed by atoms with Crippen LogP contribution < -0.4 is 14.8 Å². The molecule has 1 aliphatic rings. The monoisotopic (exact) mass is 299 g/mol. The fraction of sp³-hybridized carbons (Fsp3) is 0.235. The lowest BCUT2D eigenvalue weighted by atomic mass is 10.1. The molecule has 114 valence electrons. The van der Waals surface area contributed by atoms with Crippen LogP contribution in [-0.2, 0) is 6.42 Å². The number of nitrogens with one attached hydrogen (secondary N) is 1. The zero-order valence-corrected chi connectivity index (χ0v) is 12.0. The molecule has 1 aliphatic heterocycles. The summed E-state index contributed by atoms with van der Waals surface area (Å²) in [6, 6.07) is 12.1. The van der Waals surface area contributed by atoms with E-state index < -0.39 is 0 Å². The van der Waals surface area contributed by atoms with E-state index in [1.54, 1.807) is 12.1 Å². The van der Waals surface area contributed by atoms with Gasteiger partial charge in [-0.25, -0.2) is 0 Å². The number of hydrogen-bond acceptors (Lipinski definition) is 4. The van der Waals surface area contributed by atoms with E-state index in [2.05, 4.69) is 5.32 Å². The molecule has 0 bridgehead atoms. The van der Waals surface area contributed by atoms with E-state index in [-0.39, 0.29) is 11.7 Å². The molecule has 2 aromatic carbocycles. The van der Waals surface area contributed by atoms with E-state index in [1.165, 1.54) is 12.1 Å². The molecule has 3 rings (SSSR count). The van der Waals surface area contributed by atoms with Crippen LogP contribution >= 0.6 is 0 Å². The molecule has 2 N–H and O–H groups in total. The summed E-state index contributed by atoms with van der Waals surface area (Å²) in [5, 5.41) is 12.2. The quantitative estimate of drug-likeness (QED) is 0.907. The molecule has 0 unspecified atom stereocenters. The van der Waals surface area contributed by atoms with Gasteiger partial charge in [-0.15, -0.1) is 0 Å². The first kappa shape index (κ1) is 14.3. The lowest BCUT2D eigenvalue weighted by molar-refractivity contribution is 0.0953. The van der Waals surface area contributed by atoms with Crippen LogP contribution in [0, 0.1) is 0 Å². The van der Waals surface area contributed by atoms with Gasteiger partial charge < -0.3 is 19.9 Å². The first-order chi connectivity index (χ1) is 10.7. The molecule has 1 heterocycles. The maximum Gasteiger partial charge on any atom is 0.251 e. The second-order valence-electron chi connectivity index (χ2n) is 5.03. The van der Waals surface area contributed by atoms with E-state index in [1.807, 2.05) is 18.2 Å². The van der Waals surface area contributed by atoms with E-state index in [4.69, 9.17) is 9.47 Å². The van der Waals surface area contributed by atoms with Gasteiger partial charge in [-0.3, -0.25) is 4.79 Å². The van der Waals surface area contributed by atoms with Crippen LogP contribution in [-0.4, -0.2) is 30.8 Å². The standard InChI is InChI=1S/C17H17NO4/c19-14-3-1-2-13(11-14)17(20)18-7-6-12-4-5-15-16(10-12)22-9-8-21-15/h1-5,10-11,19H,6-9H2,(H,18,20). The van der Waals surface area contributed by atoms with Crippen LogP contribution in [0.15, 0.2) is 42.5 Å². The first-order valence-corrected chi connectivity index (χ1v) is 7.18. The van der Waals surface area contributed by atoms with Crippen molar-refractivity contribution in [2.45, 2.75) is 6.42 Å². The van der Waals surface area contributed by atoms with Crippen molar-refractivity contribution in [3.05, 3.63) is 53.6 Å². The third-order valence-electron chi connectivity index (χ3n) is 3.41. The Bertz CT molecular complexity index is 684. The molecule has 0 saturated heterocycles. The van der Waals surface area contributed by atoms with Gasteiger partial charge >= 0.3 is 0 Å². The highest BCUT2D eigenvalue weighted by atomic mass is 16.6. The lowest BCUT2D eigenvalue weighted by Gasteiger charge is -2.18. The van der Waals surface area contributed by atoms with E-state index in [0.29, 0.717) is 31.7 Å². The van der Waals surface area contributed by atoms with Crippen molar-refractivity contribution in [3.63, 3.8) is 0 Å². The zero-order chi connectivity index (χ0) is 15.4. The SMILES string of the molecule is O=C(NCCc1ccc2c(c1)OCCO2)c1cccc(O)c1.